The molecule has 17 heteroatoms. The molecule has 7 atom stereocenters. The number of aliphatic hydroxyl groups is 1. The first-order valence-corrected chi connectivity index (χ1v) is 19.8. The van der Waals surface area contributed by atoms with Crippen LogP contribution < -0.4 is 16.0 Å². The van der Waals surface area contributed by atoms with Crippen LogP contribution in [0.1, 0.15) is 76.1 Å². The highest BCUT2D eigenvalue weighted by atomic mass is 16.7. The molecule has 326 valence electrons. The number of fused-ring (bicyclic) bond motifs is 3. The molecule has 5 N–H and O–H groups in total. The predicted octanol–water partition coefficient (Wildman–Crippen LogP) is 3.77. The minimum Gasteiger partial charge on any atom is -0.479 e. The van der Waals surface area contributed by atoms with Gasteiger partial charge in [0.1, 0.15) is 18.7 Å². The van der Waals surface area contributed by atoms with Crippen molar-refractivity contribution in [1.29, 1.82) is 0 Å². The van der Waals surface area contributed by atoms with Gasteiger partial charge < -0.3 is 49.8 Å². The van der Waals surface area contributed by atoms with E-state index in [1.54, 1.807) is 26.0 Å². The zero-order valence-electron chi connectivity index (χ0n) is 34.7. The summed E-state index contributed by atoms with van der Waals surface area (Å²) in [4.78, 5) is 88.3. The number of carboxylic acid groups (broad SMARTS) is 1. The lowest BCUT2D eigenvalue weighted by atomic mass is 9.90. The number of hydrogen-bond donors (Lipinski definition) is 5. The van der Waals surface area contributed by atoms with Gasteiger partial charge >= 0.3 is 30.0 Å². The molecular weight excluding hydrogens is 794 g/mol. The van der Waals surface area contributed by atoms with Crippen LogP contribution in [0.15, 0.2) is 66.7 Å². The number of rotatable bonds is 16. The van der Waals surface area contributed by atoms with Crippen molar-refractivity contribution in [2.24, 2.45) is 5.92 Å². The summed E-state index contributed by atoms with van der Waals surface area (Å²) in [6.45, 7) is 7.78. The van der Waals surface area contributed by atoms with Crippen molar-refractivity contribution < 1.29 is 67.5 Å². The van der Waals surface area contributed by atoms with Gasteiger partial charge in [0.25, 0.3) is 0 Å². The molecule has 1 heterocycles. The monoisotopic (exact) mass is 845 g/mol. The van der Waals surface area contributed by atoms with E-state index < -0.39 is 91.0 Å². The molecule has 3 aromatic carbocycles. The molecule has 0 spiro atoms. The molecule has 3 amide bonds. The summed E-state index contributed by atoms with van der Waals surface area (Å²) in [6, 6.07) is 18.4. The third-order valence-electron chi connectivity index (χ3n) is 10.4. The Morgan fingerprint density at radius 3 is 1.85 bits per heavy atom. The Morgan fingerprint density at radius 1 is 0.721 bits per heavy atom. The lowest BCUT2D eigenvalue weighted by Gasteiger charge is -2.43. The van der Waals surface area contributed by atoms with E-state index in [2.05, 4.69) is 16.0 Å². The van der Waals surface area contributed by atoms with E-state index in [-0.39, 0.29) is 37.0 Å². The number of nitrogens with one attached hydrogen (secondary N) is 3. The third kappa shape index (κ3) is 11.3. The topological polar surface area (TPSA) is 242 Å². The van der Waals surface area contributed by atoms with Gasteiger partial charge in [-0.25, -0.2) is 9.59 Å². The molecule has 0 radical (unpaired) electrons. The average molecular weight is 846 g/mol. The van der Waals surface area contributed by atoms with E-state index in [1.807, 2.05) is 48.5 Å². The number of aliphatic carboxylic acids is 1. The number of alkyl carbamates (subject to hydrolysis) is 1. The maximum atomic E-state index is 13.4. The Kier molecular flexibility index (Phi) is 15.2. The quantitative estimate of drug-likeness (QED) is 0.102. The van der Waals surface area contributed by atoms with Gasteiger partial charge in [-0.3, -0.25) is 24.0 Å². The third-order valence-corrected chi connectivity index (χ3v) is 10.4. The number of amides is 3. The van der Waals surface area contributed by atoms with Crippen LogP contribution in [0, 0.1) is 5.92 Å². The summed E-state index contributed by atoms with van der Waals surface area (Å²) in [6.07, 6.45) is -8.32. The molecule has 1 aliphatic heterocycles. The van der Waals surface area contributed by atoms with Crippen LogP contribution in [-0.2, 0) is 65.5 Å². The predicted molar refractivity (Wildman–Crippen MR) is 217 cm³/mol. The molecule has 0 saturated carbocycles. The fraction of sp³-hybridized carbons (Fsp3) is 0.432. The second-order valence-corrected chi connectivity index (χ2v) is 15.2. The number of aryl methyl sites for hydroxylation is 1. The molecule has 3 aromatic rings. The molecule has 0 aromatic heterocycles. The van der Waals surface area contributed by atoms with Crippen LogP contribution >= 0.6 is 0 Å². The van der Waals surface area contributed by atoms with Gasteiger partial charge in [-0.1, -0.05) is 68.4 Å². The number of carbonyl (C=O) groups is 7. The van der Waals surface area contributed by atoms with Gasteiger partial charge in [0, 0.05) is 32.4 Å². The van der Waals surface area contributed by atoms with Crippen LogP contribution in [0.25, 0.3) is 11.1 Å². The van der Waals surface area contributed by atoms with Crippen LogP contribution in [0.5, 0.6) is 0 Å². The fourth-order valence-electron chi connectivity index (χ4n) is 7.64. The summed E-state index contributed by atoms with van der Waals surface area (Å²) in [7, 11) is 0. The smallest absolute Gasteiger partial charge is 0.407 e. The van der Waals surface area contributed by atoms with Crippen molar-refractivity contribution in [1.82, 2.24) is 10.6 Å². The van der Waals surface area contributed by atoms with Gasteiger partial charge in [0.05, 0.1) is 12.7 Å². The molecule has 1 fully saturated rings. The summed E-state index contributed by atoms with van der Waals surface area (Å²) < 4.78 is 27.5. The summed E-state index contributed by atoms with van der Waals surface area (Å²) >= 11 is 0. The first-order valence-electron chi connectivity index (χ1n) is 19.8. The first-order chi connectivity index (χ1) is 29.0. The molecular formula is C44H51N3O14. The second kappa shape index (κ2) is 20.3. The zero-order valence-corrected chi connectivity index (χ0v) is 34.7. The number of carboxylic acids is 1. The van der Waals surface area contributed by atoms with Crippen LogP contribution in [-0.4, -0.2) is 101 Å². The van der Waals surface area contributed by atoms with Crippen LogP contribution in [0.2, 0.25) is 0 Å². The van der Waals surface area contributed by atoms with Crippen LogP contribution in [0.4, 0.5) is 10.5 Å². The minimum absolute atomic E-state index is 0.0452. The summed E-state index contributed by atoms with van der Waals surface area (Å²) in [5.41, 5.74) is 5.45. The standard InChI is InChI=1S/C44H51N3O14/c1-22(2)36(47-44(56)57-21-34-32-13-9-7-11-30(32)31-12-8-10-14-33(31)34)42(53)45-23(3)41(52)46-29-17-15-28(20-48)27(19-29)16-18-35-37(58-24(4)49)38(59-25(5)50)39(60-26(6)51)40(61-35)43(54)55/h7-15,17,19,22-23,34-40,48H,16,18,20-21H2,1-6H3,(H,45,53)(H,46,52)(H,47,56)(H,54,55)/t23-,35-,36-,37-,38+,39-,40-/m0/s1. The van der Waals surface area contributed by atoms with Gasteiger partial charge in [0.15, 0.2) is 24.4 Å². The molecule has 17 nitrogen and oxygen atoms in total. The normalized spacial score (nSPS) is 20.2. The number of anilines is 1. The van der Waals surface area contributed by atoms with Gasteiger partial charge in [-0.2, -0.15) is 0 Å². The largest absolute Gasteiger partial charge is 0.479 e. The molecule has 0 bridgehead atoms. The minimum atomic E-state index is -1.80. The highest BCUT2D eigenvalue weighted by Gasteiger charge is 2.54. The van der Waals surface area contributed by atoms with Crippen molar-refractivity contribution in [2.45, 2.75) is 110 Å². The van der Waals surface area contributed by atoms with Crippen molar-refractivity contribution >= 4 is 47.5 Å². The SMILES string of the molecule is CC(=O)O[C@@H]1[C@@H](OC(C)=O)[C@H](CCc2cc(NC(=O)[C@H](C)NC(=O)[C@@H](NC(=O)OCC3c4ccccc4-c4ccccc43)C(C)C)ccc2CO)O[C@H](C(=O)O)[C@H]1OC(C)=O. The van der Waals surface area contributed by atoms with Crippen molar-refractivity contribution in [3.05, 3.63) is 89.0 Å². The Labute approximate surface area is 352 Å². The molecule has 1 aliphatic carbocycles. The van der Waals surface area contributed by atoms with Crippen molar-refractivity contribution in [2.75, 3.05) is 11.9 Å². The number of esters is 3. The van der Waals surface area contributed by atoms with Crippen molar-refractivity contribution in [3.8, 4) is 11.1 Å². The van der Waals surface area contributed by atoms with Crippen molar-refractivity contribution in [3.63, 3.8) is 0 Å². The second-order valence-electron chi connectivity index (χ2n) is 15.2. The summed E-state index contributed by atoms with van der Waals surface area (Å²) in [5.74, 6) is -5.83. The molecule has 5 rings (SSSR count). The number of hydrogen-bond acceptors (Lipinski definition) is 13. The number of aliphatic hydroxyl groups excluding tert-OH is 1. The number of ether oxygens (including phenoxy) is 5. The maximum Gasteiger partial charge on any atom is 0.407 e. The van der Waals surface area contributed by atoms with Gasteiger partial charge in [-0.05, 0) is 71.2 Å². The molecule has 61 heavy (non-hydrogen) atoms. The van der Waals surface area contributed by atoms with Gasteiger partial charge in [0.2, 0.25) is 11.8 Å². The highest BCUT2D eigenvalue weighted by molar-refractivity contribution is 5.98. The van der Waals surface area contributed by atoms with E-state index in [1.165, 1.54) is 13.0 Å². The average Bonchev–Trinajstić information content (AvgIpc) is 3.52. The molecule has 0 unspecified atom stereocenters. The molecule has 1 saturated heterocycles. The zero-order chi connectivity index (χ0) is 44.5. The first kappa shape index (κ1) is 45.7. The fourth-order valence-corrected chi connectivity index (χ4v) is 7.64. The number of benzene rings is 3. The number of carbonyl (C=O) groups excluding carboxylic acids is 6. The Balaban J connectivity index is 1.22. The Bertz CT molecular complexity index is 2090. The Hall–Kier alpha value is -6.33. The van der Waals surface area contributed by atoms with Crippen LogP contribution in [0.3, 0.4) is 0 Å². The Morgan fingerprint density at radius 2 is 1.30 bits per heavy atom. The maximum absolute atomic E-state index is 13.4. The highest BCUT2D eigenvalue weighted by Crippen LogP contribution is 2.44. The lowest BCUT2D eigenvalue weighted by Crippen LogP contribution is -2.63. The van der Waals surface area contributed by atoms with Gasteiger partial charge in [-0.15, -0.1) is 0 Å². The van der Waals surface area contributed by atoms with E-state index in [0.717, 1.165) is 43.0 Å². The van der Waals surface area contributed by atoms with E-state index >= 15 is 0 Å². The van der Waals surface area contributed by atoms with E-state index in [4.69, 9.17) is 23.7 Å². The van der Waals surface area contributed by atoms with E-state index in [9.17, 15) is 43.8 Å². The van der Waals surface area contributed by atoms with E-state index in [0.29, 0.717) is 11.1 Å². The molecule has 2 aliphatic rings. The summed E-state index contributed by atoms with van der Waals surface area (Å²) in [5, 5.41) is 28.1. The lowest BCUT2D eigenvalue weighted by molar-refractivity contribution is -0.248.